The van der Waals surface area contributed by atoms with Gasteiger partial charge in [0, 0.05) is 10.9 Å². The van der Waals surface area contributed by atoms with Crippen LogP contribution in [0.5, 0.6) is 17.2 Å². The van der Waals surface area contributed by atoms with Crippen molar-refractivity contribution in [1.29, 1.82) is 0 Å². The maximum Gasteiger partial charge on any atom is 0.264 e. The predicted molar refractivity (Wildman–Crippen MR) is 101 cm³/mol. The third-order valence-electron chi connectivity index (χ3n) is 3.56. The van der Waals surface area contributed by atoms with Crippen LogP contribution < -0.4 is 19.5 Å². The second kappa shape index (κ2) is 8.35. The number of amides is 1. The molecule has 2 aromatic carbocycles. The quantitative estimate of drug-likeness (QED) is 0.684. The van der Waals surface area contributed by atoms with Gasteiger partial charge in [-0.3, -0.25) is 10.1 Å². The topological polar surface area (TPSA) is 69.7 Å². The highest BCUT2D eigenvalue weighted by Gasteiger charge is 2.10. The van der Waals surface area contributed by atoms with Crippen LogP contribution in [-0.4, -0.2) is 31.7 Å². The fourth-order valence-corrected chi connectivity index (χ4v) is 3.00. The zero-order valence-electron chi connectivity index (χ0n) is 14.4. The van der Waals surface area contributed by atoms with Crippen molar-refractivity contribution in [1.82, 2.24) is 4.98 Å². The highest BCUT2D eigenvalue weighted by molar-refractivity contribution is 7.14. The van der Waals surface area contributed by atoms with Crippen molar-refractivity contribution in [3.8, 4) is 28.5 Å². The van der Waals surface area contributed by atoms with E-state index in [9.17, 15) is 4.79 Å². The molecule has 6 nitrogen and oxygen atoms in total. The molecular formula is C19H18N2O4S. The number of ether oxygens (including phenoxy) is 3. The molecule has 1 amide bonds. The van der Waals surface area contributed by atoms with Gasteiger partial charge in [-0.1, -0.05) is 12.1 Å². The normalized spacial score (nSPS) is 10.2. The molecule has 0 fully saturated rings. The fourth-order valence-electron chi connectivity index (χ4n) is 2.26. The fraction of sp³-hybridized carbons (Fsp3) is 0.158. The SMILES string of the molecule is COc1ccc(-c2csc(NC(=O)COc3ccccc3OC)n2)cc1. The molecule has 1 aromatic heterocycles. The monoisotopic (exact) mass is 370 g/mol. The first-order chi connectivity index (χ1) is 12.7. The number of rotatable bonds is 7. The summed E-state index contributed by atoms with van der Waals surface area (Å²) in [4.78, 5) is 16.5. The van der Waals surface area contributed by atoms with Gasteiger partial charge < -0.3 is 14.2 Å². The molecule has 0 aliphatic heterocycles. The molecule has 3 rings (SSSR count). The number of hydrogen-bond acceptors (Lipinski definition) is 6. The summed E-state index contributed by atoms with van der Waals surface area (Å²) >= 11 is 1.36. The number of aromatic nitrogens is 1. The summed E-state index contributed by atoms with van der Waals surface area (Å²) in [7, 11) is 3.18. The van der Waals surface area contributed by atoms with E-state index < -0.39 is 0 Å². The van der Waals surface area contributed by atoms with E-state index in [-0.39, 0.29) is 12.5 Å². The van der Waals surface area contributed by atoms with E-state index in [4.69, 9.17) is 14.2 Å². The maximum atomic E-state index is 12.1. The van der Waals surface area contributed by atoms with Crippen molar-refractivity contribution in [2.75, 3.05) is 26.1 Å². The summed E-state index contributed by atoms with van der Waals surface area (Å²) in [6.45, 7) is -0.127. The Bertz CT molecular complexity index is 877. The van der Waals surface area contributed by atoms with Gasteiger partial charge in [-0.2, -0.15) is 0 Å². The lowest BCUT2D eigenvalue weighted by molar-refractivity contribution is -0.118. The van der Waals surface area contributed by atoms with E-state index in [1.54, 1.807) is 26.4 Å². The molecule has 0 spiro atoms. The summed E-state index contributed by atoms with van der Waals surface area (Å²) in [5, 5.41) is 5.15. The van der Waals surface area contributed by atoms with Crippen LogP contribution in [0, 0.1) is 0 Å². The average molecular weight is 370 g/mol. The Morgan fingerprint density at radius 3 is 2.46 bits per heavy atom. The minimum absolute atomic E-state index is 0.127. The lowest BCUT2D eigenvalue weighted by Crippen LogP contribution is -2.20. The third-order valence-corrected chi connectivity index (χ3v) is 4.32. The number of anilines is 1. The smallest absolute Gasteiger partial charge is 0.264 e. The highest BCUT2D eigenvalue weighted by atomic mass is 32.1. The Morgan fingerprint density at radius 1 is 1.04 bits per heavy atom. The van der Waals surface area contributed by atoms with Crippen molar-refractivity contribution in [2.24, 2.45) is 0 Å². The molecular weight excluding hydrogens is 352 g/mol. The van der Waals surface area contributed by atoms with Crippen molar-refractivity contribution >= 4 is 22.4 Å². The number of thiazole rings is 1. The number of carbonyl (C=O) groups is 1. The number of para-hydroxylation sites is 2. The van der Waals surface area contributed by atoms with Crippen LogP contribution in [0.4, 0.5) is 5.13 Å². The zero-order chi connectivity index (χ0) is 18.4. The van der Waals surface area contributed by atoms with Crippen LogP contribution >= 0.6 is 11.3 Å². The van der Waals surface area contributed by atoms with Crippen LogP contribution in [0.15, 0.2) is 53.9 Å². The number of benzene rings is 2. The first-order valence-electron chi connectivity index (χ1n) is 7.85. The first kappa shape index (κ1) is 17.8. The van der Waals surface area contributed by atoms with Crippen LogP contribution in [0.1, 0.15) is 0 Å². The van der Waals surface area contributed by atoms with Gasteiger partial charge in [0.1, 0.15) is 5.75 Å². The molecule has 26 heavy (non-hydrogen) atoms. The van der Waals surface area contributed by atoms with Gasteiger partial charge in [-0.15, -0.1) is 11.3 Å². The Morgan fingerprint density at radius 2 is 1.77 bits per heavy atom. The minimum Gasteiger partial charge on any atom is -0.497 e. The summed E-state index contributed by atoms with van der Waals surface area (Å²) < 4.78 is 15.8. The van der Waals surface area contributed by atoms with Gasteiger partial charge >= 0.3 is 0 Å². The number of carbonyl (C=O) groups excluding carboxylic acids is 1. The summed E-state index contributed by atoms with van der Waals surface area (Å²) in [5.41, 5.74) is 1.74. The number of methoxy groups -OCH3 is 2. The van der Waals surface area contributed by atoms with E-state index >= 15 is 0 Å². The molecule has 0 aliphatic carbocycles. The Hall–Kier alpha value is -3.06. The van der Waals surface area contributed by atoms with Gasteiger partial charge in [0.05, 0.1) is 19.9 Å². The Labute approximate surface area is 155 Å². The van der Waals surface area contributed by atoms with Crippen molar-refractivity contribution in [3.05, 3.63) is 53.9 Å². The molecule has 0 radical (unpaired) electrons. The summed E-state index contributed by atoms with van der Waals surface area (Å²) in [6.07, 6.45) is 0. The van der Waals surface area contributed by atoms with Gasteiger partial charge in [0.15, 0.2) is 23.2 Å². The summed E-state index contributed by atoms with van der Waals surface area (Å²) in [5.74, 6) is 1.59. The number of nitrogens with one attached hydrogen (secondary N) is 1. The second-order valence-corrected chi connectivity index (χ2v) is 6.11. The lowest BCUT2D eigenvalue weighted by atomic mass is 10.2. The highest BCUT2D eigenvalue weighted by Crippen LogP contribution is 2.27. The van der Waals surface area contributed by atoms with E-state index in [1.165, 1.54) is 11.3 Å². The molecule has 0 saturated heterocycles. The van der Waals surface area contributed by atoms with Gasteiger partial charge in [0.25, 0.3) is 5.91 Å². The lowest BCUT2D eigenvalue weighted by Gasteiger charge is -2.09. The molecule has 0 atom stereocenters. The molecule has 0 bridgehead atoms. The van der Waals surface area contributed by atoms with Crippen LogP contribution in [0.2, 0.25) is 0 Å². The van der Waals surface area contributed by atoms with Crippen LogP contribution in [0.3, 0.4) is 0 Å². The summed E-state index contributed by atoms with van der Waals surface area (Å²) in [6, 6.07) is 14.8. The van der Waals surface area contributed by atoms with Crippen molar-refractivity contribution < 1.29 is 19.0 Å². The number of hydrogen-bond donors (Lipinski definition) is 1. The number of nitrogens with zero attached hydrogens (tertiary/aromatic N) is 1. The second-order valence-electron chi connectivity index (χ2n) is 5.25. The van der Waals surface area contributed by atoms with E-state index in [2.05, 4.69) is 10.3 Å². The maximum absolute atomic E-state index is 12.1. The molecule has 134 valence electrons. The first-order valence-corrected chi connectivity index (χ1v) is 8.73. The molecule has 7 heteroatoms. The Balaban J connectivity index is 1.59. The molecule has 1 heterocycles. The van der Waals surface area contributed by atoms with Crippen molar-refractivity contribution in [2.45, 2.75) is 0 Å². The average Bonchev–Trinajstić information content (AvgIpc) is 3.15. The predicted octanol–water partition coefficient (Wildman–Crippen LogP) is 3.84. The molecule has 3 aromatic rings. The molecule has 1 N–H and O–H groups in total. The van der Waals surface area contributed by atoms with E-state index in [1.807, 2.05) is 41.8 Å². The molecule has 0 aliphatic rings. The van der Waals surface area contributed by atoms with E-state index in [0.717, 1.165) is 17.0 Å². The molecule has 0 saturated carbocycles. The van der Waals surface area contributed by atoms with Gasteiger partial charge in [0.2, 0.25) is 0 Å². The standard InChI is InChI=1S/C19H18N2O4S/c1-23-14-9-7-13(8-10-14)15-12-26-19(20-15)21-18(22)11-25-17-6-4-3-5-16(17)24-2/h3-10,12H,11H2,1-2H3,(H,20,21,22). The van der Waals surface area contributed by atoms with Crippen molar-refractivity contribution in [3.63, 3.8) is 0 Å². The third kappa shape index (κ3) is 4.31. The van der Waals surface area contributed by atoms with Gasteiger partial charge in [-0.05, 0) is 36.4 Å². The zero-order valence-corrected chi connectivity index (χ0v) is 15.2. The van der Waals surface area contributed by atoms with Crippen LogP contribution in [-0.2, 0) is 4.79 Å². The van der Waals surface area contributed by atoms with Crippen LogP contribution in [0.25, 0.3) is 11.3 Å². The minimum atomic E-state index is -0.286. The molecule has 0 unspecified atom stereocenters. The Kier molecular flexibility index (Phi) is 5.70. The van der Waals surface area contributed by atoms with Gasteiger partial charge in [-0.25, -0.2) is 4.98 Å². The largest absolute Gasteiger partial charge is 0.497 e. The van der Waals surface area contributed by atoms with E-state index in [0.29, 0.717) is 16.6 Å².